The van der Waals surface area contributed by atoms with Gasteiger partial charge in [-0.05, 0) is 23.1 Å². The van der Waals surface area contributed by atoms with Crippen molar-refractivity contribution >= 4 is 11.6 Å². The predicted octanol–water partition coefficient (Wildman–Crippen LogP) is 5.93. The van der Waals surface area contributed by atoms with Crippen LogP contribution in [0.3, 0.4) is 0 Å². The molecule has 1 aliphatic rings. The van der Waals surface area contributed by atoms with Gasteiger partial charge in [-0.3, -0.25) is 0 Å². The fourth-order valence-electron chi connectivity index (χ4n) is 3.66. The first-order chi connectivity index (χ1) is 12.8. The third-order valence-corrected chi connectivity index (χ3v) is 5.18. The molecule has 0 amide bonds. The van der Waals surface area contributed by atoms with Crippen molar-refractivity contribution in [3.8, 4) is 0 Å². The number of hydrogen-bond acceptors (Lipinski definition) is 1. The number of ether oxygens (including phenoxy) is 1. The maximum atomic E-state index is 6.86. The lowest BCUT2D eigenvalue weighted by Gasteiger charge is -2.38. The number of rotatable bonds is 5. The van der Waals surface area contributed by atoms with Crippen LogP contribution < -0.4 is 0 Å². The number of hydrogen-bond donors (Lipinski definition) is 0. The van der Waals surface area contributed by atoms with Gasteiger partial charge in [0, 0.05) is 0 Å². The SMILES string of the molecule is Cl[C@H]1C=C[C@H](OC(c2ccccc2)(c2ccccc2)c2ccccc2)C1. The molecule has 2 heteroatoms. The van der Waals surface area contributed by atoms with Crippen LogP contribution in [0.15, 0.2) is 103 Å². The molecule has 0 bridgehead atoms. The molecule has 4 rings (SSSR count). The van der Waals surface area contributed by atoms with E-state index in [1.54, 1.807) is 0 Å². The monoisotopic (exact) mass is 360 g/mol. The van der Waals surface area contributed by atoms with Gasteiger partial charge in [-0.2, -0.15) is 0 Å². The summed E-state index contributed by atoms with van der Waals surface area (Å²) in [7, 11) is 0. The number of alkyl halides is 1. The van der Waals surface area contributed by atoms with Gasteiger partial charge in [0.05, 0.1) is 11.5 Å². The molecule has 1 aliphatic carbocycles. The van der Waals surface area contributed by atoms with Crippen LogP contribution in [0.25, 0.3) is 0 Å². The van der Waals surface area contributed by atoms with Crippen LogP contribution >= 0.6 is 11.6 Å². The van der Waals surface area contributed by atoms with Crippen LogP contribution in [0.1, 0.15) is 23.1 Å². The van der Waals surface area contributed by atoms with E-state index in [9.17, 15) is 0 Å². The Balaban J connectivity index is 1.92. The smallest absolute Gasteiger partial charge is 0.144 e. The number of halogens is 1. The van der Waals surface area contributed by atoms with E-state index in [1.807, 2.05) is 24.3 Å². The summed E-state index contributed by atoms with van der Waals surface area (Å²) in [6.07, 6.45) is 4.87. The first-order valence-corrected chi connectivity index (χ1v) is 9.39. The summed E-state index contributed by atoms with van der Waals surface area (Å²) in [5.74, 6) is 0. The summed E-state index contributed by atoms with van der Waals surface area (Å²) in [5, 5.41) is 0.0278. The average molecular weight is 361 g/mol. The summed E-state index contributed by atoms with van der Waals surface area (Å²) in [5.41, 5.74) is 2.66. The van der Waals surface area contributed by atoms with Crippen molar-refractivity contribution in [1.29, 1.82) is 0 Å². The van der Waals surface area contributed by atoms with Gasteiger partial charge in [-0.25, -0.2) is 0 Å². The first-order valence-electron chi connectivity index (χ1n) is 8.96. The normalized spacial score (nSPS) is 19.6. The molecule has 3 aromatic carbocycles. The van der Waals surface area contributed by atoms with Gasteiger partial charge >= 0.3 is 0 Å². The standard InChI is InChI=1S/C24H21ClO/c25-22-16-17-23(18-22)26-24(19-10-4-1-5-11-19,20-12-6-2-7-13-20)21-14-8-3-9-15-21/h1-17,22-23H,18H2/t22-,23-/m0/s1. The molecule has 0 heterocycles. The molecule has 0 spiro atoms. The Bertz CT molecular complexity index is 762. The lowest BCUT2D eigenvalue weighted by molar-refractivity contribution is -0.0237. The van der Waals surface area contributed by atoms with E-state index in [0.717, 1.165) is 23.1 Å². The van der Waals surface area contributed by atoms with Crippen molar-refractivity contribution < 1.29 is 4.74 Å². The summed E-state index contributed by atoms with van der Waals surface area (Å²) in [6.45, 7) is 0. The zero-order chi connectivity index (χ0) is 17.8. The van der Waals surface area contributed by atoms with Crippen LogP contribution in [0, 0.1) is 0 Å². The zero-order valence-corrected chi connectivity index (χ0v) is 15.2. The third-order valence-electron chi connectivity index (χ3n) is 4.86. The Hall–Kier alpha value is -2.35. The van der Waals surface area contributed by atoms with E-state index in [1.165, 1.54) is 0 Å². The Kier molecular flexibility index (Phi) is 4.92. The van der Waals surface area contributed by atoms with Crippen molar-refractivity contribution in [2.75, 3.05) is 0 Å². The van der Waals surface area contributed by atoms with Crippen LogP contribution in [0.2, 0.25) is 0 Å². The van der Waals surface area contributed by atoms with Gasteiger partial charge in [-0.1, -0.05) is 103 Å². The Morgan fingerprint density at radius 1 is 0.654 bits per heavy atom. The minimum absolute atomic E-state index is 0.0278. The van der Waals surface area contributed by atoms with Gasteiger partial charge in [0.2, 0.25) is 0 Å². The average Bonchev–Trinajstić information content (AvgIpc) is 3.13. The van der Waals surface area contributed by atoms with Gasteiger partial charge in [0.1, 0.15) is 5.60 Å². The highest BCUT2D eigenvalue weighted by Crippen LogP contribution is 2.42. The van der Waals surface area contributed by atoms with Crippen molar-refractivity contribution in [2.24, 2.45) is 0 Å². The molecule has 0 aliphatic heterocycles. The summed E-state index contributed by atoms with van der Waals surface area (Å²) in [6, 6.07) is 31.3. The van der Waals surface area contributed by atoms with Crippen LogP contribution in [0.5, 0.6) is 0 Å². The number of allylic oxidation sites excluding steroid dienone is 1. The molecule has 130 valence electrons. The van der Waals surface area contributed by atoms with E-state index in [4.69, 9.17) is 16.3 Å². The van der Waals surface area contributed by atoms with E-state index in [-0.39, 0.29) is 11.5 Å². The second kappa shape index (κ2) is 7.49. The van der Waals surface area contributed by atoms with Crippen LogP contribution in [-0.4, -0.2) is 11.5 Å². The van der Waals surface area contributed by atoms with Gasteiger partial charge in [0.25, 0.3) is 0 Å². The van der Waals surface area contributed by atoms with Gasteiger partial charge in [-0.15, -0.1) is 11.6 Å². The lowest BCUT2D eigenvalue weighted by Crippen LogP contribution is -2.36. The lowest BCUT2D eigenvalue weighted by atomic mass is 9.80. The zero-order valence-electron chi connectivity index (χ0n) is 14.5. The molecule has 0 fully saturated rings. The van der Waals surface area contributed by atoms with Crippen molar-refractivity contribution in [1.82, 2.24) is 0 Å². The van der Waals surface area contributed by atoms with E-state index in [2.05, 4.69) is 78.9 Å². The number of benzene rings is 3. The van der Waals surface area contributed by atoms with Crippen molar-refractivity contribution in [3.63, 3.8) is 0 Å². The molecule has 0 N–H and O–H groups in total. The van der Waals surface area contributed by atoms with Crippen LogP contribution in [-0.2, 0) is 10.3 Å². The third kappa shape index (κ3) is 3.21. The minimum atomic E-state index is -0.681. The van der Waals surface area contributed by atoms with Gasteiger partial charge < -0.3 is 4.74 Å². The molecular formula is C24H21ClO. The van der Waals surface area contributed by atoms with Crippen molar-refractivity contribution in [3.05, 3.63) is 120 Å². The fraction of sp³-hybridized carbons (Fsp3) is 0.167. The molecule has 0 radical (unpaired) electrons. The highest BCUT2D eigenvalue weighted by molar-refractivity contribution is 6.22. The fourth-order valence-corrected chi connectivity index (χ4v) is 3.92. The molecule has 1 nitrogen and oxygen atoms in total. The Morgan fingerprint density at radius 3 is 1.42 bits per heavy atom. The summed E-state index contributed by atoms with van der Waals surface area (Å²) >= 11 is 6.31. The predicted molar refractivity (Wildman–Crippen MR) is 107 cm³/mol. The van der Waals surface area contributed by atoms with E-state index >= 15 is 0 Å². The molecule has 2 atom stereocenters. The topological polar surface area (TPSA) is 9.23 Å². The highest BCUT2D eigenvalue weighted by Gasteiger charge is 2.40. The molecule has 0 saturated heterocycles. The van der Waals surface area contributed by atoms with Gasteiger partial charge in [0.15, 0.2) is 0 Å². The molecule has 0 unspecified atom stereocenters. The second-order valence-corrected chi connectivity index (χ2v) is 7.13. The van der Waals surface area contributed by atoms with Crippen molar-refractivity contribution in [2.45, 2.75) is 23.5 Å². The first kappa shape index (κ1) is 17.1. The molecule has 26 heavy (non-hydrogen) atoms. The highest BCUT2D eigenvalue weighted by atomic mass is 35.5. The van der Waals surface area contributed by atoms with E-state index < -0.39 is 5.60 Å². The Morgan fingerprint density at radius 2 is 1.08 bits per heavy atom. The quantitative estimate of drug-likeness (QED) is 0.311. The maximum Gasteiger partial charge on any atom is 0.144 e. The molecule has 0 saturated carbocycles. The Labute approximate surface area is 159 Å². The van der Waals surface area contributed by atoms with E-state index in [0.29, 0.717) is 0 Å². The second-order valence-electron chi connectivity index (χ2n) is 6.57. The molecule has 0 aromatic heterocycles. The molecule has 3 aromatic rings. The summed E-state index contributed by atoms with van der Waals surface area (Å²) in [4.78, 5) is 0. The summed E-state index contributed by atoms with van der Waals surface area (Å²) < 4.78 is 6.86. The minimum Gasteiger partial charge on any atom is -0.353 e. The van der Waals surface area contributed by atoms with Crippen LogP contribution in [0.4, 0.5) is 0 Å². The largest absolute Gasteiger partial charge is 0.353 e. The maximum absolute atomic E-state index is 6.86. The molecular weight excluding hydrogens is 340 g/mol.